The van der Waals surface area contributed by atoms with Gasteiger partial charge in [0.25, 0.3) is 0 Å². The molecule has 4 nitrogen and oxygen atoms in total. The first-order valence-electron chi connectivity index (χ1n) is 12.3. The van der Waals surface area contributed by atoms with Crippen LogP contribution in [0.3, 0.4) is 0 Å². The van der Waals surface area contributed by atoms with Crippen molar-refractivity contribution in [1.29, 1.82) is 0 Å². The predicted molar refractivity (Wildman–Crippen MR) is 127 cm³/mol. The molecule has 164 valence electrons. The Balaban J connectivity index is 1.44. The lowest BCUT2D eigenvalue weighted by Crippen LogP contribution is -2.49. The topological polar surface area (TPSA) is 55.6 Å². The van der Waals surface area contributed by atoms with Crippen molar-refractivity contribution >= 4 is 5.91 Å². The van der Waals surface area contributed by atoms with Crippen molar-refractivity contribution in [2.45, 2.75) is 24.6 Å². The van der Waals surface area contributed by atoms with Crippen LogP contribution in [0.5, 0.6) is 5.75 Å². The summed E-state index contributed by atoms with van der Waals surface area (Å²) in [4.78, 5) is 15.4. The maximum atomic E-state index is 13.2. The highest BCUT2D eigenvalue weighted by molar-refractivity contribution is 5.91. The van der Waals surface area contributed by atoms with Gasteiger partial charge in [0, 0.05) is 22.3 Å². The number of likely N-dealkylation sites (tertiary alicyclic amines) is 1. The summed E-state index contributed by atoms with van der Waals surface area (Å²) in [7, 11) is 0. The molecule has 32 heavy (non-hydrogen) atoms. The van der Waals surface area contributed by atoms with Gasteiger partial charge in [0.05, 0.1) is 6.61 Å². The third-order valence-corrected chi connectivity index (χ3v) is 6.93. The molecule has 0 saturated carbocycles. The van der Waals surface area contributed by atoms with E-state index >= 15 is 0 Å². The van der Waals surface area contributed by atoms with Crippen LogP contribution in [-0.2, 0) is 23.0 Å². The van der Waals surface area contributed by atoms with E-state index in [1.807, 2.05) is 78.9 Å². The van der Waals surface area contributed by atoms with Crippen molar-refractivity contribution in [3.63, 3.8) is 0 Å². The van der Waals surface area contributed by atoms with E-state index in [1.54, 1.807) is 0 Å². The summed E-state index contributed by atoms with van der Waals surface area (Å²) in [6.45, 7) is 2.23. The van der Waals surface area contributed by atoms with Gasteiger partial charge in [0.2, 0.25) is 5.91 Å². The first-order valence-corrected chi connectivity index (χ1v) is 11.3. The highest BCUT2D eigenvalue weighted by Crippen LogP contribution is 2.43. The van der Waals surface area contributed by atoms with Gasteiger partial charge in [-0.1, -0.05) is 72.8 Å². The first-order chi connectivity index (χ1) is 16.4. The van der Waals surface area contributed by atoms with E-state index in [-0.39, 0.29) is 18.4 Å². The van der Waals surface area contributed by atoms with Gasteiger partial charge in [-0.05, 0) is 53.6 Å². The number of hydrogen-bond acceptors (Lipinski definition) is 3. The van der Waals surface area contributed by atoms with Crippen LogP contribution in [0.15, 0.2) is 78.9 Å². The van der Waals surface area contributed by atoms with Crippen LogP contribution in [0.2, 0.25) is 0 Å². The smallest absolute Gasteiger partial charge is 0.232 e. The minimum absolute atomic E-state index is 0.0565. The van der Waals surface area contributed by atoms with Gasteiger partial charge in [0.1, 0.15) is 11.2 Å². The van der Waals surface area contributed by atoms with Gasteiger partial charge in [-0.2, -0.15) is 0 Å². The summed E-state index contributed by atoms with van der Waals surface area (Å²) in [6, 6.07) is 25.2. The number of amides is 1. The molecule has 3 aromatic carbocycles. The minimum Gasteiger partial charge on any atom is -0.493 e. The molecule has 0 aromatic heterocycles. The van der Waals surface area contributed by atoms with Crippen LogP contribution in [0.25, 0.3) is 0 Å². The normalized spacial score (nSPS) is 19.7. The number of nitrogens with two attached hydrogens (primary N) is 1. The van der Waals surface area contributed by atoms with Gasteiger partial charge in [-0.15, -0.1) is 0 Å². The second-order valence-corrected chi connectivity index (χ2v) is 8.72. The van der Waals surface area contributed by atoms with Crippen LogP contribution < -0.4 is 10.5 Å². The van der Waals surface area contributed by atoms with E-state index < -0.39 is 11.8 Å². The van der Waals surface area contributed by atoms with Gasteiger partial charge in [0.15, 0.2) is 0 Å². The van der Waals surface area contributed by atoms with Crippen molar-refractivity contribution in [1.82, 2.24) is 4.90 Å². The minimum atomic E-state index is -1.51. The average Bonchev–Trinajstić information content (AvgIpc) is 3.50. The van der Waals surface area contributed by atoms with Crippen molar-refractivity contribution in [2.75, 3.05) is 26.2 Å². The molecular weight excluding hydrogens is 396 g/mol. The Morgan fingerprint density at radius 3 is 2.41 bits per heavy atom. The van der Waals surface area contributed by atoms with E-state index in [4.69, 9.17) is 13.2 Å². The summed E-state index contributed by atoms with van der Waals surface area (Å²) < 4.78 is 23.2. The number of rotatable bonds is 7. The zero-order chi connectivity index (χ0) is 23.8. The van der Waals surface area contributed by atoms with Crippen LogP contribution in [0.1, 0.15) is 31.4 Å². The van der Waals surface area contributed by atoms with Crippen molar-refractivity contribution < 1.29 is 12.3 Å². The third-order valence-electron chi connectivity index (χ3n) is 6.93. The Morgan fingerprint density at radius 1 is 1.06 bits per heavy atom. The lowest BCUT2D eigenvalue weighted by molar-refractivity contribution is -0.123. The number of ether oxygens (including phenoxy) is 1. The lowest BCUT2D eigenvalue weighted by Gasteiger charge is -2.37. The monoisotopic (exact) mass is 428 g/mol. The molecule has 2 aliphatic heterocycles. The fourth-order valence-corrected chi connectivity index (χ4v) is 5.36. The number of carbonyl (C=O) groups is 1. The Morgan fingerprint density at radius 2 is 1.75 bits per heavy atom. The van der Waals surface area contributed by atoms with Crippen LogP contribution >= 0.6 is 0 Å². The molecule has 1 atom stereocenters. The quantitative estimate of drug-likeness (QED) is 0.620. The molecule has 1 amide bonds. The second kappa shape index (κ2) is 8.79. The number of fused-ring (bicyclic) bond motifs is 1. The van der Waals surface area contributed by atoms with E-state index in [2.05, 4.69) is 4.90 Å². The van der Waals surface area contributed by atoms with E-state index in [9.17, 15) is 4.79 Å². The van der Waals surface area contributed by atoms with Gasteiger partial charge < -0.3 is 15.4 Å². The molecule has 0 unspecified atom stereocenters. The van der Waals surface area contributed by atoms with Gasteiger partial charge in [-0.3, -0.25) is 4.79 Å². The maximum Gasteiger partial charge on any atom is 0.232 e. The zero-order valence-electron chi connectivity index (χ0n) is 20.2. The fourth-order valence-electron chi connectivity index (χ4n) is 5.36. The molecule has 4 heteroatoms. The largest absolute Gasteiger partial charge is 0.493 e. The van der Waals surface area contributed by atoms with Crippen LogP contribution in [0.4, 0.5) is 0 Å². The molecule has 1 saturated heterocycles. The van der Waals surface area contributed by atoms with Crippen molar-refractivity contribution in [3.8, 4) is 5.75 Å². The SMILES string of the molecule is [2H]C([2H])(CN1CC[C@@H](C(C(N)=O)(c2ccccc2)c2ccccc2)C1)c1ccc2c(c1)CCO2. The standard InChI is InChI=1S/C28H30N2O2/c29-27(31)28(23-7-3-1-4-8-23,24-9-5-2-6-10-24)25-14-17-30(20-25)16-13-21-11-12-26-22(19-21)15-18-32-26/h1-12,19,25H,13-18,20H2,(H2,29,31)/t25-/m1/s1/i13D2. The Labute approximate surface area is 192 Å². The highest BCUT2D eigenvalue weighted by Gasteiger charge is 2.49. The number of benzene rings is 3. The second-order valence-electron chi connectivity index (χ2n) is 8.72. The zero-order valence-corrected chi connectivity index (χ0v) is 18.2. The Kier molecular flexibility index (Phi) is 5.07. The third kappa shape index (κ3) is 3.69. The molecule has 0 radical (unpaired) electrons. The molecule has 1 fully saturated rings. The van der Waals surface area contributed by atoms with E-state index in [1.165, 1.54) is 0 Å². The highest BCUT2D eigenvalue weighted by atomic mass is 16.5. The summed E-state index contributed by atoms with van der Waals surface area (Å²) in [5.74, 6) is 0.440. The number of hydrogen-bond donors (Lipinski definition) is 1. The van der Waals surface area contributed by atoms with Crippen molar-refractivity contribution in [2.24, 2.45) is 11.7 Å². The molecule has 2 heterocycles. The van der Waals surface area contributed by atoms with Gasteiger partial charge >= 0.3 is 0 Å². The molecule has 5 rings (SSSR count). The number of nitrogens with zero attached hydrogens (tertiary/aromatic N) is 1. The van der Waals surface area contributed by atoms with Gasteiger partial charge in [-0.25, -0.2) is 0 Å². The fraction of sp³-hybridized carbons (Fsp3) is 0.321. The summed E-state index contributed by atoms with van der Waals surface area (Å²) in [5.41, 5.74) is 8.75. The summed E-state index contributed by atoms with van der Waals surface area (Å²) >= 11 is 0. The number of primary amides is 1. The molecule has 2 N–H and O–H groups in total. The number of carbonyl (C=O) groups excluding carboxylic acids is 1. The summed E-state index contributed by atoms with van der Waals surface area (Å²) in [5, 5.41) is 0. The summed E-state index contributed by atoms with van der Waals surface area (Å²) in [6.07, 6.45) is 0.0720. The molecule has 0 aliphatic carbocycles. The molecular formula is C28H30N2O2. The van der Waals surface area contributed by atoms with Crippen LogP contribution in [0, 0.1) is 5.92 Å². The van der Waals surface area contributed by atoms with E-state index in [0.717, 1.165) is 35.3 Å². The van der Waals surface area contributed by atoms with Crippen LogP contribution in [-0.4, -0.2) is 37.0 Å². The molecule has 3 aromatic rings. The molecule has 0 spiro atoms. The predicted octanol–water partition coefficient (Wildman–Crippen LogP) is 3.96. The molecule has 0 bridgehead atoms. The molecule has 2 aliphatic rings. The average molecular weight is 429 g/mol. The Bertz CT molecular complexity index is 1130. The lowest BCUT2D eigenvalue weighted by atomic mass is 9.64. The van der Waals surface area contributed by atoms with Crippen molar-refractivity contribution in [3.05, 3.63) is 101 Å². The Hall–Kier alpha value is -3.11. The maximum absolute atomic E-state index is 13.2. The first kappa shape index (κ1) is 18.5. The van der Waals surface area contributed by atoms with E-state index in [0.29, 0.717) is 25.3 Å².